The van der Waals surface area contributed by atoms with Gasteiger partial charge in [0.2, 0.25) is 0 Å². The highest BCUT2D eigenvalue weighted by Gasteiger charge is 2.16. The van der Waals surface area contributed by atoms with Crippen molar-refractivity contribution in [3.8, 4) is 0 Å². The Morgan fingerprint density at radius 2 is 2.33 bits per heavy atom. The average molecular weight is 175 g/mol. The number of aryl methyl sites for hydroxylation is 1. The third-order valence-corrected chi connectivity index (χ3v) is 1.51. The number of rotatable bonds is 3. The summed E-state index contributed by atoms with van der Waals surface area (Å²) in [6.45, 7) is 0.424. The first-order valence-corrected chi connectivity index (χ1v) is 3.60. The molecule has 0 aliphatic heterocycles. The molecule has 5 heteroatoms. The SMILES string of the molecule is CNCc1cn(C)nc1C(F)F. The minimum absolute atomic E-state index is 0.133. The topological polar surface area (TPSA) is 29.9 Å². The lowest BCUT2D eigenvalue weighted by Gasteiger charge is -1.98. The van der Waals surface area contributed by atoms with E-state index in [-0.39, 0.29) is 5.69 Å². The molecule has 0 aromatic carbocycles. The molecule has 68 valence electrons. The van der Waals surface area contributed by atoms with Crippen molar-refractivity contribution in [3.63, 3.8) is 0 Å². The molecule has 0 unspecified atom stereocenters. The third kappa shape index (κ3) is 1.79. The van der Waals surface area contributed by atoms with Crippen molar-refractivity contribution in [1.82, 2.24) is 15.1 Å². The van der Waals surface area contributed by atoms with Crippen molar-refractivity contribution in [2.45, 2.75) is 13.0 Å². The molecular formula is C7H11F2N3. The van der Waals surface area contributed by atoms with Gasteiger partial charge < -0.3 is 5.32 Å². The van der Waals surface area contributed by atoms with Crippen LogP contribution in [0.5, 0.6) is 0 Å². The second-order valence-electron chi connectivity index (χ2n) is 2.54. The van der Waals surface area contributed by atoms with Crippen LogP contribution in [0.3, 0.4) is 0 Å². The van der Waals surface area contributed by atoms with Gasteiger partial charge in [-0.3, -0.25) is 4.68 Å². The summed E-state index contributed by atoms with van der Waals surface area (Å²) >= 11 is 0. The fraction of sp³-hybridized carbons (Fsp3) is 0.571. The number of aromatic nitrogens is 2. The lowest BCUT2D eigenvalue weighted by molar-refractivity contribution is 0.144. The van der Waals surface area contributed by atoms with E-state index in [1.165, 1.54) is 4.68 Å². The van der Waals surface area contributed by atoms with Gasteiger partial charge in [-0.2, -0.15) is 5.10 Å². The molecule has 0 aliphatic rings. The Balaban J connectivity index is 2.92. The maximum Gasteiger partial charge on any atom is 0.282 e. The number of nitrogens with zero attached hydrogens (tertiary/aromatic N) is 2. The average Bonchev–Trinajstić information content (AvgIpc) is 2.32. The number of halogens is 2. The zero-order valence-corrected chi connectivity index (χ0v) is 7.01. The number of hydrogen-bond donors (Lipinski definition) is 1. The Morgan fingerprint density at radius 3 is 2.83 bits per heavy atom. The lowest BCUT2D eigenvalue weighted by Crippen LogP contribution is -2.06. The van der Waals surface area contributed by atoms with Crippen LogP contribution in [0.2, 0.25) is 0 Å². The smallest absolute Gasteiger partial charge is 0.282 e. The molecule has 1 heterocycles. The van der Waals surface area contributed by atoms with Crippen molar-refractivity contribution in [2.24, 2.45) is 7.05 Å². The van der Waals surface area contributed by atoms with E-state index in [1.807, 2.05) is 0 Å². The minimum Gasteiger partial charge on any atom is -0.316 e. The molecule has 0 saturated heterocycles. The maximum atomic E-state index is 12.3. The summed E-state index contributed by atoms with van der Waals surface area (Å²) in [4.78, 5) is 0. The van der Waals surface area contributed by atoms with Gasteiger partial charge in [-0.05, 0) is 7.05 Å². The lowest BCUT2D eigenvalue weighted by atomic mass is 10.2. The molecule has 0 aliphatic carbocycles. The maximum absolute atomic E-state index is 12.3. The highest BCUT2D eigenvalue weighted by molar-refractivity contribution is 5.17. The molecule has 1 aromatic rings. The van der Waals surface area contributed by atoms with Gasteiger partial charge in [0, 0.05) is 25.4 Å². The van der Waals surface area contributed by atoms with Gasteiger partial charge in [-0.25, -0.2) is 8.78 Å². The summed E-state index contributed by atoms with van der Waals surface area (Å²) in [5, 5.41) is 6.46. The van der Waals surface area contributed by atoms with Crippen LogP contribution >= 0.6 is 0 Å². The molecule has 0 radical (unpaired) electrons. The van der Waals surface area contributed by atoms with Crippen molar-refractivity contribution in [2.75, 3.05) is 7.05 Å². The predicted molar refractivity (Wildman–Crippen MR) is 40.9 cm³/mol. The van der Waals surface area contributed by atoms with Crippen molar-refractivity contribution >= 4 is 0 Å². The summed E-state index contributed by atoms with van der Waals surface area (Å²) in [6.07, 6.45) is -0.896. The molecule has 1 N–H and O–H groups in total. The summed E-state index contributed by atoms with van der Waals surface area (Å²) < 4.78 is 25.9. The number of alkyl halides is 2. The van der Waals surface area contributed by atoms with Crippen LogP contribution in [0.15, 0.2) is 6.20 Å². The Bertz CT molecular complexity index is 257. The second-order valence-corrected chi connectivity index (χ2v) is 2.54. The van der Waals surface area contributed by atoms with Gasteiger partial charge >= 0.3 is 0 Å². The molecule has 0 fully saturated rings. The van der Waals surface area contributed by atoms with Crippen molar-refractivity contribution in [3.05, 3.63) is 17.5 Å². The van der Waals surface area contributed by atoms with E-state index in [4.69, 9.17) is 0 Å². The van der Waals surface area contributed by atoms with Crippen LogP contribution in [-0.4, -0.2) is 16.8 Å². The van der Waals surface area contributed by atoms with Gasteiger partial charge in [0.15, 0.2) is 0 Å². The molecular weight excluding hydrogens is 164 g/mol. The minimum atomic E-state index is -2.49. The van der Waals surface area contributed by atoms with E-state index >= 15 is 0 Å². The van der Waals surface area contributed by atoms with E-state index in [0.717, 1.165) is 0 Å². The summed E-state index contributed by atoms with van der Waals surface area (Å²) in [7, 11) is 3.34. The highest BCUT2D eigenvalue weighted by Crippen LogP contribution is 2.20. The first kappa shape index (κ1) is 9.12. The predicted octanol–water partition coefficient (Wildman–Crippen LogP) is 1.08. The standard InChI is InChI=1S/C7H11F2N3/c1-10-3-5-4-12(2)11-6(5)7(8)9/h4,7,10H,3H2,1-2H3. The Hall–Kier alpha value is -0.970. The van der Waals surface area contributed by atoms with E-state index in [1.54, 1.807) is 20.3 Å². The Morgan fingerprint density at radius 1 is 1.67 bits per heavy atom. The molecule has 1 rings (SSSR count). The first-order valence-electron chi connectivity index (χ1n) is 3.60. The van der Waals surface area contributed by atoms with Gasteiger partial charge in [0.25, 0.3) is 6.43 Å². The quantitative estimate of drug-likeness (QED) is 0.744. The number of hydrogen-bond acceptors (Lipinski definition) is 2. The van der Waals surface area contributed by atoms with Gasteiger partial charge in [-0.15, -0.1) is 0 Å². The van der Waals surface area contributed by atoms with E-state index in [2.05, 4.69) is 10.4 Å². The molecule has 3 nitrogen and oxygen atoms in total. The molecule has 12 heavy (non-hydrogen) atoms. The van der Waals surface area contributed by atoms with Crippen LogP contribution in [0.1, 0.15) is 17.7 Å². The number of nitrogens with one attached hydrogen (secondary N) is 1. The molecule has 0 spiro atoms. The van der Waals surface area contributed by atoms with E-state index in [9.17, 15) is 8.78 Å². The van der Waals surface area contributed by atoms with Gasteiger partial charge in [0.1, 0.15) is 5.69 Å². The summed E-state index contributed by atoms with van der Waals surface area (Å²) in [6, 6.07) is 0. The molecule has 1 aromatic heterocycles. The monoisotopic (exact) mass is 175 g/mol. The van der Waals surface area contributed by atoms with Gasteiger partial charge in [0.05, 0.1) is 0 Å². The Labute approximate surface area is 69.4 Å². The fourth-order valence-corrected chi connectivity index (χ4v) is 1.07. The fourth-order valence-electron chi connectivity index (χ4n) is 1.07. The Kier molecular flexibility index (Phi) is 2.75. The normalized spacial score (nSPS) is 11.1. The van der Waals surface area contributed by atoms with E-state index in [0.29, 0.717) is 12.1 Å². The van der Waals surface area contributed by atoms with Crippen LogP contribution in [0.25, 0.3) is 0 Å². The van der Waals surface area contributed by atoms with Crippen LogP contribution in [0, 0.1) is 0 Å². The molecule has 0 amide bonds. The van der Waals surface area contributed by atoms with Crippen LogP contribution < -0.4 is 5.32 Å². The van der Waals surface area contributed by atoms with Crippen LogP contribution in [-0.2, 0) is 13.6 Å². The molecule has 0 bridgehead atoms. The zero-order chi connectivity index (χ0) is 9.14. The second kappa shape index (κ2) is 3.62. The first-order chi connectivity index (χ1) is 5.65. The summed E-state index contributed by atoms with van der Waals surface area (Å²) in [5.74, 6) is 0. The van der Waals surface area contributed by atoms with E-state index < -0.39 is 6.43 Å². The van der Waals surface area contributed by atoms with Crippen molar-refractivity contribution in [1.29, 1.82) is 0 Å². The van der Waals surface area contributed by atoms with Crippen molar-refractivity contribution < 1.29 is 8.78 Å². The molecule has 0 atom stereocenters. The summed E-state index contributed by atoms with van der Waals surface area (Å²) in [5.41, 5.74) is 0.418. The zero-order valence-electron chi connectivity index (χ0n) is 7.01. The molecule has 0 saturated carbocycles. The highest BCUT2D eigenvalue weighted by atomic mass is 19.3. The van der Waals surface area contributed by atoms with Crippen LogP contribution in [0.4, 0.5) is 8.78 Å². The largest absolute Gasteiger partial charge is 0.316 e. The third-order valence-electron chi connectivity index (χ3n) is 1.51. The van der Waals surface area contributed by atoms with Gasteiger partial charge in [-0.1, -0.05) is 0 Å².